The van der Waals surface area contributed by atoms with E-state index in [-0.39, 0.29) is 12.9 Å². The molecule has 0 bridgehead atoms. The minimum absolute atomic E-state index is 0.122. The molecule has 0 unspecified atom stereocenters. The molecule has 3 heteroatoms. The summed E-state index contributed by atoms with van der Waals surface area (Å²) >= 11 is 0. The van der Waals surface area contributed by atoms with Gasteiger partial charge in [0.05, 0.1) is 0 Å². The molecule has 7 heavy (non-hydrogen) atoms. The highest BCUT2D eigenvalue weighted by Gasteiger charge is 1.87. The van der Waals surface area contributed by atoms with E-state index >= 15 is 0 Å². The van der Waals surface area contributed by atoms with Crippen molar-refractivity contribution in [1.82, 2.24) is 0 Å². The first-order chi connectivity index (χ1) is 3.31. The summed E-state index contributed by atoms with van der Waals surface area (Å²) in [6.07, 6.45) is -0.122. The molecule has 0 aliphatic heterocycles. The second-order valence-corrected chi connectivity index (χ2v) is 0.989. The SMILES string of the molecule is COC/C(F)=C/F. The van der Waals surface area contributed by atoms with Gasteiger partial charge in [0.1, 0.15) is 12.9 Å². The van der Waals surface area contributed by atoms with Crippen molar-refractivity contribution in [2.24, 2.45) is 0 Å². The van der Waals surface area contributed by atoms with Crippen LogP contribution in [0.25, 0.3) is 0 Å². The van der Waals surface area contributed by atoms with Crippen LogP contribution in [0.2, 0.25) is 0 Å². The molecule has 0 aromatic carbocycles. The van der Waals surface area contributed by atoms with Crippen molar-refractivity contribution >= 4 is 0 Å². The maximum Gasteiger partial charge on any atom is 0.154 e. The Morgan fingerprint density at radius 2 is 2.43 bits per heavy atom. The standard InChI is InChI=1S/C4H6F2O/c1-7-3-4(6)2-5/h2H,3H2,1H3/b4-2-. The fourth-order valence-corrected chi connectivity index (χ4v) is 0.169. The summed E-state index contributed by atoms with van der Waals surface area (Å²) in [5, 5.41) is 0. The van der Waals surface area contributed by atoms with E-state index in [0.717, 1.165) is 0 Å². The topological polar surface area (TPSA) is 9.23 Å². The first kappa shape index (κ1) is 6.56. The van der Waals surface area contributed by atoms with Crippen molar-refractivity contribution in [3.8, 4) is 0 Å². The van der Waals surface area contributed by atoms with Crippen LogP contribution in [0.3, 0.4) is 0 Å². The normalized spacial score (nSPS) is 12.1. The van der Waals surface area contributed by atoms with Gasteiger partial charge < -0.3 is 4.74 Å². The van der Waals surface area contributed by atoms with E-state index in [2.05, 4.69) is 4.74 Å². The molecule has 0 aliphatic rings. The zero-order valence-corrected chi connectivity index (χ0v) is 3.95. The number of halogens is 2. The molecule has 0 aromatic rings. The molecular formula is C4H6F2O. The van der Waals surface area contributed by atoms with Crippen LogP contribution in [0.15, 0.2) is 12.2 Å². The molecule has 1 nitrogen and oxygen atoms in total. The zero-order chi connectivity index (χ0) is 5.70. The first-order valence-electron chi connectivity index (χ1n) is 1.75. The Balaban J connectivity index is 3.17. The second-order valence-electron chi connectivity index (χ2n) is 0.989. The third kappa shape index (κ3) is 3.39. The van der Waals surface area contributed by atoms with Gasteiger partial charge in [0.25, 0.3) is 0 Å². The number of ether oxygens (including phenoxy) is 1. The predicted octanol–water partition coefficient (Wildman–Crippen LogP) is 1.41. The second kappa shape index (κ2) is 3.74. The van der Waals surface area contributed by atoms with Crippen LogP contribution in [0.4, 0.5) is 8.78 Å². The van der Waals surface area contributed by atoms with Crippen molar-refractivity contribution in [3.05, 3.63) is 12.2 Å². The van der Waals surface area contributed by atoms with Crippen molar-refractivity contribution in [1.29, 1.82) is 0 Å². The highest BCUT2D eigenvalue weighted by atomic mass is 19.2. The van der Waals surface area contributed by atoms with Crippen molar-refractivity contribution in [2.75, 3.05) is 13.7 Å². The van der Waals surface area contributed by atoms with E-state index in [0.29, 0.717) is 0 Å². The number of hydrogen-bond donors (Lipinski definition) is 0. The fourth-order valence-electron chi connectivity index (χ4n) is 0.169. The highest BCUT2D eigenvalue weighted by molar-refractivity contribution is 4.83. The molecule has 0 radical (unpaired) electrons. The summed E-state index contributed by atoms with van der Waals surface area (Å²) in [5.74, 6) is -0.887. The molecule has 0 amide bonds. The minimum atomic E-state index is -0.887. The van der Waals surface area contributed by atoms with E-state index in [1.54, 1.807) is 0 Å². The van der Waals surface area contributed by atoms with Gasteiger partial charge in [-0.05, 0) is 0 Å². The van der Waals surface area contributed by atoms with E-state index in [9.17, 15) is 8.78 Å². The zero-order valence-electron chi connectivity index (χ0n) is 3.95. The maximum absolute atomic E-state index is 11.5. The van der Waals surface area contributed by atoms with Crippen LogP contribution in [-0.4, -0.2) is 13.7 Å². The summed E-state index contributed by atoms with van der Waals surface area (Å²) in [7, 11) is 1.29. The maximum atomic E-state index is 11.5. The summed E-state index contributed by atoms with van der Waals surface area (Å²) in [6.45, 7) is -0.281. The molecule has 0 rings (SSSR count). The molecular weight excluding hydrogens is 102 g/mol. The minimum Gasteiger partial charge on any atom is -0.377 e. The Hall–Kier alpha value is -0.440. The molecule has 0 fully saturated rings. The molecule has 0 saturated heterocycles. The van der Waals surface area contributed by atoms with E-state index in [1.165, 1.54) is 7.11 Å². The third-order valence-electron chi connectivity index (χ3n) is 0.401. The summed E-state index contributed by atoms with van der Waals surface area (Å²) in [5.41, 5.74) is 0. The Kier molecular flexibility index (Phi) is 3.50. The molecule has 0 spiro atoms. The molecule has 0 aliphatic carbocycles. The quantitative estimate of drug-likeness (QED) is 0.519. The lowest BCUT2D eigenvalue weighted by Crippen LogP contribution is -1.85. The molecule has 0 saturated carbocycles. The number of hydrogen-bond acceptors (Lipinski definition) is 1. The van der Waals surface area contributed by atoms with Gasteiger partial charge in [-0.3, -0.25) is 0 Å². The van der Waals surface area contributed by atoms with E-state index in [4.69, 9.17) is 0 Å². The van der Waals surface area contributed by atoms with Gasteiger partial charge in [0.15, 0.2) is 5.83 Å². The lowest BCUT2D eigenvalue weighted by molar-refractivity contribution is 0.204. The Bertz CT molecular complexity index is 70.1. The van der Waals surface area contributed by atoms with Gasteiger partial charge in [-0.2, -0.15) is 0 Å². The Labute approximate surface area is 40.6 Å². The van der Waals surface area contributed by atoms with Crippen LogP contribution in [0.5, 0.6) is 0 Å². The lowest BCUT2D eigenvalue weighted by Gasteiger charge is -1.87. The van der Waals surface area contributed by atoms with Gasteiger partial charge in [0.2, 0.25) is 0 Å². The largest absolute Gasteiger partial charge is 0.377 e. The molecule has 42 valence electrons. The number of methoxy groups -OCH3 is 1. The van der Waals surface area contributed by atoms with Gasteiger partial charge >= 0.3 is 0 Å². The van der Waals surface area contributed by atoms with Crippen molar-refractivity contribution < 1.29 is 13.5 Å². The number of rotatable bonds is 2. The van der Waals surface area contributed by atoms with Crippen molar-refractivity contribution in [2.45, 2.75) is 0 Å². The van der Waals surface area contributed by atoms with Crippen LogP contribution in [-0.2, 0) is 4.74 Å². The first-order valence-corrected chi connectivity index (χ1v) is 1.75. The summed E-state index contributed by atoms with van der Waals surface area (Å²) in [6, 6.07) is 0. The van der Waals surface area contributed by atoms with Gasteiger partial charge in [-0.25, -0.2) is 8.78 Å². The van der Waals surface area contributed by atoms with Crippen LogP contribution < -0.4 is 0 Å². The summed E-state index contributed by atoms with van der Waals surface area (Å²) in [4.78, 5) is 0. The molecule has 0 heterocycles. The summed E-state index contributed by atoms with van der Waals surface area (Å²) < 4.78 is 26.7. The monoisotopic (exact) mass is 108 g/mol. The lowest BCUT2D eigenvalue weighted by atomic mass is 10.6. The smallest absolute Gasteiger partial charge is 0.154 e. The van der Waals surface area contributed by atoms with Crippen LogP contribution >= 0.6 is 0 Å². The van der Waals surface area contributed by atoms with Crippen LogP contribution in [0, 0.1) is 0 Å². The Morgan fingerprint density at radius 1 is 1.86 bits per heavy atom. The molecule has 0 atom stereocenters. The predicted molar refractivity (Wildman–Crippen MR) is 22.2 cm³/mol. The Morgan fingerprint density at radius 3 is 2.57 bits per heavy atom. The van der Waals surface area contributed by atoms with Gasteiger partial charge in [0, 0.05) is 7.11 Å². The highest BCUT2D eigenvalue weighted by Crippen LogP contribution is 1.94. The van der Waals surface area contributed by atoms with Crippen LogP contribution in [0.1, 0.15) is 0 Å². The average Bonchev–Trinajstić information content (AvgIpc) is 1.68. The van der Waals surface area contributed by atoms with Gasteiger partial charge in [-0.1, -0.05) is 0 Å². The third-order valence-corrected chi connectivity index (χ3v) is 0.401. The molecule has 0 aromatic heterocycles. The van der Waals surface area contributed by atoms with E-state index in [1.807, 2.05) is 0 Å². The van der Waals surface area contributed by atoms with Crippen molar-refractivity contribution in [3.63, 3.8) is 0 Å². The molecule has 0 N–H and O–H groups in total. The fraction of sp³-hybridized carbons (Fsp3) is 0.500. The van der Waals surface area contributed by atoms with Gasteiger partial charge in [-0.15, -0.1) is 0 Å². The van der Waals surface area contributed by atoms with E-state index < -0.39 is 5.83 Å². The average molecular weight is 108 g/mol.